The number of para-hydroxylation sites is 1. The lowest BCUT2D eigenvalue weighted by Crippen LogP contribution is -2.27. The highest BCUT2D eigenvalue weighted by molar-refractivity contribution is 9.10. The van der Waals surface area contributed by atoms with Crippen LogP contribution in [-0.2, 0) is 16.1 Å². The van der Waals surface area contributed by atoms with Crippen molar-refractivity contribution in [1.82, 2.24) is 4.90 Å². The number of imide groups is 1. The number of rotatable bonds is 9. The molecule has 0 spiro atoms. The smallest absolute Gasteiger partial charge is 0.293 e. The lowest BCUT2D eigenvalue weighted by Gasteiger charge is -2.14. The molecule has 3 aromatic carbocycles. The van der Waals surface area contributed by atoms with Crippen LogP contribution in [0.3, 0.4) is 0 Å². The van der Waals surface area contributed by atoms with Crippen LogP contribution in [0, 0.1) is 0 Å². The van der Waals surface area contributed by atoms with Gasteiger partial charge in [-0.1, -0.05) is 63.9 Å². The average Bonchev–Trinajstić information content (AvgIpc) is 3.13. The minimum Gasteiger partial charge on any atom is -0.490 e. The molecule has 10 heteroatoms. The van der Waals surface area contributed by atoms with E-state index < -0.39 is 0 Å². The first-order valence-electron chi connectivity index (χ1n) is 11.3. The molecule has 0 saturated carbocycles. The van der Waals surface area contributed by atoms with E-state index in [0.29, 0.717) is 39.3 Å². The van der Waals surface area contributed by atoms with Crippen molar-refractivity contribution in [3.05, 3.63) is 92.3 Å². The molecule has 1 aliphatic rings. The number of benzene rings is 3. The highest BCUT2D eigenvalue weighted by Crippen LogP contribution is 2.36. The zero-order chi connectivity index (χ0) is 26.4. The minimum atomic E-state index is -0.377. The summed E-state index contributed by atoms with van der Waals surface area (Å²) in [4.78, 5) is 39.4. The maximum Gasteiger partial charge on any atom is 0.293 e. The molecule has 0 bridgehead atoms. The van der Waals surface area contributed by atoms with Gasteiger partial charge in [-0.25, -0.2) is 0 Å². The largest absolute Gasteiger partial charge is 0.490 e. The van der Waals surface area contributed by atoms with Crippen molar-refractivity contribution in [2.75, 3.05) is 18.5 Å². The van der Waals surface area contributed by atoms with Crippen molar-refractivity contribution in [3.63, 3.8) is 0 Å². The van der Waals surface area contributed by atoms with Gasteiger partial charge in [0.1, 0.15) is 0 Å². The summed E-state index contributed by atoms with van der Waals surface area (Å²) in [6, 6.07) is 19.5. The lowest BCUT2D eigenvalue weighted by molar-refractivity contribution is -0.123. The monoisotopic (exact) mass is 600 g/mol. The third-order valence-electron chi connectivity index (χ3n) is 5.23. The molecule has 3 aromatic rings. The number of ether oxygens (including phenoxy) is 2. The zero-order valence-corrected chi connectivity index (χ0v) is 22.9. The van der Waals surface area contributed by atoms with Gasteiger partial charge in [0.25, 0.3) is 17.1 Å². The third-order valence-corrected chi connectivity index (χ3v) is 7.24. The van der Waals surface area contributed by atoms with Gasteiger partial charge in [-0.3, -0.25) is 19.3 Å². The number of halogens is 2. The second kappa shape index (κ2) is 12.3. The number of hydrogen-bond donors (Lipinski definition) is 1. The average molecular weight is 602 g/mol. The molecule has 0 atom stereocenters. The molecule has 1 fully saturated rings. The Hall–Kier alpha value is -3.27. The van der Waals surface area contributed by atoms with E-state index in [9.17, 15) is 14.4 Å². The van der Waals surface area contributed by atoms with Gasteiger partial charge in [0.15, 0.2) is 18.1 Å². The molecule has 190 valence electrons. The summed E-state index contributed by atoms with van der Waals surface area (Å²) in [6.45, 7) is 2.12. The van der Waals surface area contributed by atoms with Gasteiger partial charge < -0.3 is 14.8 Å². The van der Waals surface area contributed by atoms with Crippen LogP contribution in [0.2, 0.25) is 5.02 Å². The van der Waals surface area contributed by atoms with Crippen LogP contribution >= 0.6 is 39.3 Å². The molecular formula is C27H22BrClN2O5S. The normalized spacial score (nSPS) is 14.2. The molecule has 37 heavy (non-hydrogen) atoms. The Morgan fingerprint density at radius 2 is 1.81 bits per heavy atom. The SMILES string of the molecule is CCOc1cc(/C=C2\SC(=O)N(Cc3ccccc3Br)C2=O)ccc1OCC(=O)Nc1ccccc1Cl. The Labute approximate surface area is 231 Å². The van der Waals surface area contributed by atoms with E-state index in [1.807, 2.05) is 31.2 Å². The summed E-state index contributed by atoms with van der Waals surface area (Å²) in [5.74, 6) is 0.0446. The van der Waals surface area contributed by atoms with Crippen molar-refractivity contribution in [2.24, 2.45) is 0 Å². The van der Waals surface area contributed by atoms with Gasteiger partial charge in [0.2, 0.25) is 0 Å². The second-order valence-electron chi connectivity index (χ2n) is 7.82. The molecule has 1 saturated heterocycles. The Kier molecular flexibility index (Phi) is 8.91. The summed E-state index contributed by atoms with van der Waals surface area (Å²) in [5.41, 5.74) is 1.99. The fourth-order valence-electron chi connectivity index (χ4n) is 3.48. The molecule has 4 rings (SSSR count). The molecule has 7 nitrogen and oxygen atoms in total. The fourth-order valence-corrected chi connectivity index (χ4v) is 4.91. The predicted molar refractivity (Wildman–Crippen MR) is 149 cm³/mol. The Morgan fingerprint density at radius 1 is 1.05 bits per heavy atom. The molecule has 0 unspecified atom stereocenters. The topological polar surface area (TPSA) is 84.9 Å². The Balaban J connectivity index is 1.45. The number of hydrogen-bond acceptors (Lipinski definition) is 6. The minimum absolute atomic E-state index is 0.177. The molecule has 0 radical (unpaired) electrons. The van der Waals surface area contributed by atoms with Gasteiger partial charge in [0.05, 0.1) is 28.8 Å². The number of nitrogens with one attached hydrogen (secondary N) is 1. The number of nitrogens with zero attached hydrogens (tertiary/aromatic N) is 1. The van der Waals surface area contributed by atoms with Crippen molar-refractivity contribution in [2.45, 2.75) is 13.5 Å². The van der Waals surface area contributed by atoms with Crippen LogP contribution in [0.25, 0.3) is 6.08 Å². The number of amides is 3. The first-order chi connectivity index (χ1) is 17.9. The van der Waals surface area contributed by atoms with E-state index in [1.54, 1.807) is 48.5 Å². The quantitative estimate of drug-likeness (QED) is 0.273. The Morgan fingerprint density at radius 3 is 2.57 bits per heavy atom. The number of carbonyl (C=O) groups excluding carboxylic acids is 3. The van der Waals surface area contributed by atoms with Crippen LogP contribution in [0.5, 0.6) is 11.5 Å². The van der Waals surface area contributed by atoms with Crippen molar-refractivity contribution < 1.29 is 23.9 Å². The molecule has 1 aliphatic heterocycles. The molecule has 3 amide bonds. The maximum atomic E-state index is 13.0. The van der Waals surface area contributed by atoms with Gasteiger partial charge in [0, 0.05) is 4.47 Å². The van der Waals surface area contributed by atoms with Crippen LogP contribution in [0.4, 0.5) is 10.5 Å². The number of thioether (sulfide) groups is 1. The van der Waals surface area contributed by atoms with E-state index in [4.69, 9.17) is 21.1 Å². The second-order valence-corrected chi connectivity index (χ2v) is 10.1. The highest BCUT2D eigenvalue weighted by atomic mass is 79.9. The van der Waals surface area contributed by atoms with Crippen LogP contribution in [0.15, 0.2) is 76.1 Å². The maximum absolute atomic E-state index is 13.0. The van der Waals surface area contributed by atoms with E-state index in [0.717, 1.165) is 21.8 Å². The Bertz CT molecular complexity index is 1380. The summed E-state index contributed by atoms with van der Waals surface area (Å²) < 4.78 is 12.2. The van der Waals surface area contributed by atoms with Gasteiger partial charge >= 0.3 is 0 Å². The van der Waals surface area contributed by atoms with E-state index in [-0.39, 0.29) is 30.2 Å². The summed E-state index contributed by atoms with van der Waals surface area (Å²) in [5, 5.41) is 2.79. The first-order valence-corrected chi connectivity index (χ1v) is 13.3. The zero-order valence-electron chi connectivity index (χ0n) is 19.7. The predicted octanol–water partition coefficient (Wildman–Crippen LogP) is 6.76. The van der Waals surface area contributed by atoms with E-state index >= 15 is 0 Å². The van der Waals surface area contributed by atoms with Crippen molar-refractivity contribution in [3.8, 4) is 11.5 Å². The van der Waals surface area contributed by atoms with Gasteiger partial charge in [-0.05, 0) is 66.2 Å². The first kappa shape index (κ1) is 26.8. The third kappa shape index (κ3) is 6.74. The molecule has 1 N–H and O–H groups in total. The van der Waals surface area contributed by atoms with Crippen molar-refractivity contribution >= 4 is 68.1 Å². The molecule has 0 aliphatic carbocycles. The standard InChI is InChI=1S/C27H22BrClN2O5S/c1-2-35-23-13-17(11-12-22(23)36-16-25(32)30-21-10-6-5-9-20(21)29)14-24-26(33)31(27(34)37-24)15-18-7-3-4-8-19(18)28/h3-14H,2,15-16H2,1H3,(H,30,32)/b24-14-. The van der Waals surface area contributed by atoms with Crippen LogP contribution < -0.4 is 14.8 Å². The molecule has 0 aromatic heterocycles. The van der Waals surface area contributed by atoms with Gasteiger partial charge in [-0.2, -0.15) is 0 Å². The molecule has 1 heterocycles. The van der Waals surface area contributed by atoms with Crippen molar-refractivity contribution in [1.29, 1.82) is 0 Å². The van der Waals surface area contributed by atoms with E-state index in [1.165, 1.54) is 4.90 Å². The lowest BCUT2D eigenvalue weighted by atomic mass is 10.1. The number of anilines is 1. The summed E-state index contributed by atoms with van der Waals surface area (Å²) in [6.07, 6.45) is 1.64. The summed E-state index contributed by atoms with van der Waals surface area (Å²) in [7, 11) is 0. The van der Waals surface area contributed by atoms with Gasteiger partial charge in [-0.15, -0.1) is 0 Å². The summed E-state index contributed by atoms with van der Waals surface area (Å²) >= 11 is 10.4. The molecular weight excluding hydrogens is 580 g/mol. The van der Waals surface area contributed by atoms with Crippen LogP contribution in [-0.4, -0.2) is 35.2 Å². The van der Waals surface area contributed by atoms with Crippen LogP contribution in [0.1, 0.15) is 18.1 Å². The van der Waals surface area contributed by atoms with E-state index in [2.05, 4.69) is 21.2 Å². The highest BCUT2D eigenvalue weighted by Gasteiger charge is 2.35. The fraction of sp³-hybridized carbons (Fsp3) is 0.148. The number of carbonyl (C=O) groups is 3.